The summed E-state index contributed by atoms with van der Waals surface area (Å²) >= 11 is 0. The Balaban J connectivity index is 1.95. The van der Waals surface area contributed by atoms with Crippen LogP contribution in [0.3, 0.4) is 0 Å². The fourth-order valence-corrected chi connectivity index (χ4v) is 5.06. The lowest BCUT2D eigenvalue weighted by Crippen LogP contribution is -2.48. The molecule has 2 aliphatic rings. The Morgan fingerprint density at radius 2 is 2.07 bits per heavy atom. The lowest BCUT2D eigenvalue weighted by Gasteiger charge is -2.28. The molecule has 0 bridgehead atoms. The molecule has 4 heteroatoms. The van der Waals surface area contributed by atoms with Gasteiger partial charge in [-0.1, -0.05) is 6.92 Å². The maximum absolute atomic E-state index is 11.4. The summed E-state index contributed by atoms with van der Waals surface area (Å²) in [5, 5.41) is 3.56. The molecule has 3 unspecified atom stereocenters. The molecular formula is C11H21NO2S. The molecule has 1 heterocycles. The van der Waals surface area contributed by atoms with Gasteiger partial charge in [0.05, 0.1) is 11.5 Å². The minimum atomic E-state index is -2.77. The van der Waals surface area contributed by atoms with Crippen molar-refractivity contribution in [1.29, 1.82) is 0 Å². The average Bonchev–Trinajstić information content (AvgIpc) is 2.57. The van der Waals surface area contributed by atoms with Gasteiger partial charge in [-0.05, 0) is 38.5 Å². The number of rotatable bonds is 2. The van der Waals surface area contributed by atoms with Crippen LogP contribution in [0, 0.1) is 5.92 Å². The third kappa shape index (κ3) is 2.72. The summed E-state index contributed by atoms with van der Waals surface area (Å²) in [5.74, 6) is 1.48. The first-order valence-electron chi connectivity index (χ1n) is 5.87. The molecule has 0 aromatic carbocycles. The molecule has 0 amide bonds. The summed E-state index contributed by atoms with van der Waals surface area (Å²) in [6.07, 6.45) is 4.47. The van der Waals surface area contributed by atoms with Gasteiger partial charge in [0.15, 0.2) is 9.84 Å². The summed E-state index contributed by atoms with van der Waals surface area (Å²) in [6, 6.07) is 0.540. The molecule has 0 radical (unpaired) electrons. The van der Waals surface area contributed by atoms with Gasteiger partial charge in [-0.2, -0.15) is 0 Å². The van der Waals surface area contributed by atoms with Gasteiger partial charge in [0, 0.05) is 11.6 Å². The molecule has 0 spiro atoms. The van der Waals surface area contributed by atoms with Crippen molar-refractivity contribution in [2.45, 2.75) is 51.1 Å². The minimum absolute atomic E-state index is 0.159. The summed E-state index contributed by atoms with van der Waals surface area (Å²) < 4.78 is 22.9. The van der Waals surface area contributed by atoms with E-state index in [1.807, 2.05) is 0 Å². The van der Waals surface area contributed by atoms with Crippen LogP contribution in [0.2, 0.25) is 0 Å². The molecule has 2 rings (SSSR count). The molecule has 1 aliphatic heterocycles. The van der Waals surface area contributed by atoms with E-state index in [0.717, 1.165) is 12.3 Å². The van der Waals surface area contributed by atoms with Crippen molar-refractivity contribution in [3.63, 3.8) is 0 Å². The summed E-state index contributed by atoms with van der Waals surface area (Å²) in [5.41, 5.74) is -0.159. The molecule has 1 saturated heterocycles. The molecule has 3 nitrogen and oxygen atoms in total. The van der Waals surface area contributed by atoms with E-state index < -0.39 is 9.84 Å². The van der Waals surface area contributed by atoms with E-state index in [9.17, 15) is 8.42 Å². The van der Waals surface area contributed by atoms with Crippen LogP contribution < -0.4 is 5.32 Å². The van der Waals surface area contributed by atoms with Crippen LogP contribution in [0.4, 0.5) is 0 Å². The number of sulfone groups is 1. The van der Waals surface area contributed by atoms with Gasteiger partial charge in [0.1, 0.15) is 0 Å². The van der Waals surface area contributed by atoms with Gasteiger partial charge in [-0.3, -0.25) is 0 Å². The highest BCUT2D eigenvalue weighted by atomic mass is 32.2. The maximum Gasteiger partial charge on any atom is 0.152 e. The molecule has 15 heavy (non-hydrogen) atoms. The lowest BCUT2D eigenvalue weighted by atomic mass is 10.00. The monoisotopic (exact) mass is 231 g/mol. The predicted molar refractivity (Wildman–Crippen MR) is 61.6 cm³/mol. The largest absolute Gasteiger partial charge is 0.308 e. The molecule has 1 saturated carbocycles. The van der Waals surface area contributed by atoms with Gasteiger partial charge in [0.2, 0.25) is 0 Å². The van der Waals surface area contributed by atoms with Crippen LogP contribution in [0.25, 0.3) is 0 Å². The first kappa shape index (κ1) is 11.4. The average molecular weight is 231 g/mol. The number of hydrogen-bond acceptors (Lipinski definition) is 3. The SMILES string of the molecule is CC1CCC(NC2(C)CCS(=O)(=O)C2)C1. The van der Waals surface area contributed by atoms with E-state index in [1.54, 1.807) is 0 Å². The van der Waals surface area contributed by atoms with Crippen molar-refractivity contribution in [1.82, 2.24) is 5.32 Å². The van der Waals surface area contributed by atoms with Crippen LogP contribution in [-0.2, 0) is 9.84 Å². The van der Waals surface area contributed by atoms with Crippen molar-refractivity contribution in [2.24, 2.45) is 5.92 Å². The smallest absolute Gasteiger partial charge is 0.152 e. The Kier molecular flexibility index (Phi) is 2.84. The van der Waals surface area contributed by atoms with Crippen LogP contribution in [0.5, 0.6) is 0 Å². The van der Waals surface area contributed by atoms with Crippen LogP contribution in [0.15, 0.2) is 0 Å². The number of hydrogen-bond donors (Lipinski definition) is 1. The van der Waals surface area contributed by atoms with Crippen molar-refractivity contribution in [3.8, 4) is 0 Å². The second-order valence-electron chi connectivity index (χ2n) is 5.66. The Morgan fingerprint density at radius 1 is 1.33 bits per heavy atom. The van der Waals surface area contributed by atoms with Gasteiger partial charge in [0.25, 0.3) is 0 Å². The molecular weight excluding hydrogens is 210 g/mol. The van der Waals surface area contributed by atoms with E-state index >= 15 is 0 Å². The van der Waals surface area contributed by atoms with Crippen LogP contribution in [-0.4, -0.2) is 31.5 Å². The third-order valence-electron chi connectivity index (χ3n) is 3.75. The predicted octanol–water partition coefficient (Wildman–Crippen LogP) is 1.34. The molecule has 88 valence electrons. The zero-order chi connectivity index (χ0) is 11.1. The second-order valence-corrected chi connectivity index (χ2v) is 7.85. The molecule has 0 aromatic rings. The summed E-state index contributed by atoms with van der Waals surface area (Å²) in [6.45, 7) is 4.33. The Morgan fingerprint density at radius 3 is 2.53 bits per heavy atom. The molecule has 3 atom stereocenters. The molecule has 1 aliphatic carbocycles. The zero-order valence-electron chi connectivity index (χ0n) is 9.62. The Hall–Kier alpha value is -0.0900. The van der Waals surface area contributed by atoms with Crippen LogP contribution >= 0.6 is 0 Å². The van der Waals surface area contributed by atoms with Crippen molar-refractivity contribution in [2.75, 3.05) is 11.5 Å². The highest BCUT2D eigenvalue weighted by Crippen LogP contribution is 2.29. The van der Waals surface area contributed by atoms with E-state index in [2.05, 4.69) is 19.2 Å². The van der Waals surface area contributed by atoms with Crippen molar-refractivity contribution in [3.05, 3.63) is 0 Å². The summed E-state index contributed by atoms with van der Waals surface area (Å²) in [4.78, 5) is 0. The van der Waals surface area contributed by atoms with E-state index in [1.165, 1.54) is 19.3 Å². The third-order valence-corrected chi connectivity index (χ3v) is 5.65. The van der Waals surface area contributed by atoms with Crippen molar-refractivity contribution < 1.29 is 8.42 Å². The maximum atomic E-state index is 11.4. The van der Waals surface area contributed by atoms with E-state index in [-0.39, 0.29) is 5.54 Å². The van der Waals surface area contributed by atoms with Gasteiger partial charge in [-0.25, -0.2) is 8.42 Å². The Bertz CT molecular complexity index is 338. The molecule has 1 N–H and O–H groups in total. The topological polar surface area (TPSA) is 46.2 Å². The molecule has 0 aromatic heterocycles. The first-order chi connectivity index (χ1) is 6.89. The number of nitrogens with one attached hydrogen (secondary N) is 1. The van der Waals surface area contributed by atoms with Gasteiger partial charge >= 0.3 is 0 Å². The second kappa shape index (κ2) is 3.74. The minimum Gasteiger partial charge on any atom is -0.308 e. The van der Waals surface area contributed by atoms with Crippen molar-refractivity contribution >= 4 is 9.84 Å². The lowest BCUT2D eigenvalue weighted by molar-refractivity contribution is 0.337. The summed E-state index contributed by atoms with van der Waals surface area (Å²) in [7, 11) is -2.77. The van der Waals surface area contributed by atoms with Crippen LogP contribution in [0.1, 0.15) is 39.5 Å². The highest BCUT2D eigenvalue weighted by molar-refractivity contribution is 7.91. The zero-order valence-corrected chi connectivity index (χ0v) is 10.4. The van der Waals surface area contributed by atoms with Gasteiger partial charge in [-0.15, -0.1) is 0 Å². The first-order valence-corrected chi connectivity index (χ1v) is 7.69. The normalized spacial score (nSPS) is 44.7. The fourth-order valence-electron chi connectivity index (χ4n) is 2.96. The molecule has 2 fully saturated rings. The standard InChI is InChI=1S/C11H21NO2S/c1-9-3-4-10(7-9)12-11(2)5-6-15(13,14)8-11/h9-10,12H,3-8H2,1-2H3. The fraction of sp³-hybridized carbons (Fsp3) is 1.00. The highest BCUT2D eigenvalue weighted by Gasteiger charge is 2.40. The van der Waals surface area contributed by atoms with E-state index in [0.29, 0.717) is 17.5 Å². The van der Waals surface area contributed by atoms with Gasteiger partial charge < -0.3 is 5.32 Å². The Labute approximate surface area is 92.6 Å². The quantitative estimate of drug-likeness (QED) is 0.780. The van der Waals surface area contributed by atoms with E-state index in [4.69, 9.17) is 0 Å².